The van der Waals surface area contributed by atoms with E-state index in [4.69, 9.17) is 10.2 Å². The lowest BCUT2D eigenvalue weighted by Crippen LogP contribution is -2.47. The minimum Gasteiger partial charge on any atom is -0.430 e. The lowest BCUT2D eigenvalue weighted by atomic mass is 10.2. The third kappa shape index (κ3) is 3.33. The van der Waals surface area contributed by atoms with Crippen LogP contribution >= 0.6 is 0 Å². The molecular weight excluding hydrogens is 350 g/mol. The highest BCUT2D eigenvalue weighted by atomic mass is 19.4. The smallest absolute Gasteiger partial charge is 0.430 e. The number of hydrazine groups is 1. The van der Waals surface area contributed by atoms with Crippen molar-refractivity contribution in [3.05, 3.63) is 23.6 Å². The zero-order valence-electron chi connectivity index (χ0n) is 11.2. The summed E-state index contributed by atoms with van der Waals surface area (Å²) in [6.45, 7) is 0. The Balaban J connectivity index is 2.28. The van der Waals surface area contributed by atoms with Crippen molar-refractivity contribution in [2.75, 3.05) is 5.73 Å². The van der Waals surface area contributed by atoms with Gasteiger partial charge in [-0.3, -0.25) is 20.4 Å². The number of anilines is 1. The third-order valence-corrected chi connectivity index (χ3v) is 2.64. The topological polar surface area (TPSA) is 110 Å². The van der Waals surface area contributed by atoms with E-state index in [1.54, 1.807) is 0 Å². The van der Waals surface area contributed by atoms with E-state index in [2.05, 4.69) is 4.98 Å². The van der Waals surface area contributed by atoms with E-state index in [0.29, 0.717) is 6.07 Å². The second-order valence-corrected chi connectivity index (χ2v) is 4.30. The van der Waals surface area contributed by atoms with E-state index in [1.165, 1.54) is 5.43 Å². The van der Waals surface area contributed by atoms with Crippen LogP contribution in [0.4, 0.5) is 32.0 Å². The number of pyridine rings is 1. The lowest BCUT2D eigenvalue weighted by Gasteiger charge is -2.08. The summed E-state index contributed by atoms with van der Waals surface area (Å²) in [6.07, 6.45) is -10.0. The van der Waals surface area contributed by atoms with Gasteiger partial charge in [0.05, 0.1) is 11.1 Å². The first-order valence-electron chi connectivity index (χ1n) is 5.85. The molecule has 0 saturated heterocycles. The van der Waals surface area contributed by atoms with Crippen molar-refractivity contribution in [1.82, 2.24) is 15.8 Å². The van der Waals surface area contributed by atoms with Gasteiger partial charge in [0, 0.05) is 0 Å². The fourth-order valence-corrected chi connectivity index (χ4v) is 1.56. The molecule has 0 saturated carbocycles. The number of hydrogen-bond acceptors (Lipinski definition) is 5. The molecule has 2 aromatic heterocycles. The van der Waals surface area contributed by atoms with Gasteiger partial charge in [0.1, 0.15) is 5.69 Å². The van der Waals surface area contributed by atoms with Crippen LogP contribution in [-0.4, -0.2) is 23.0 Å². The first-order valence-corrected chi connectivity index (χ1v) is 5.85. The Hall–Kier alpha value is -2.99. The normalized spacial score (nSPS) is 12.2. The van der Waals surface area contributed by atoms with Crippen LogP contribution in [-0.2, 0) is 11.0 Å². The number of hydrogen-bond donors (Lipinski definition) is 3. The number of halogens is 6. The molecule has 0 aromatic carbocycles. The highest BCUT2D eigenvalue weighted by Crippen LogP contribution is 2.32. The second-order valence-electron chi connectivity index (χ2n) is 4.30. The van der Waals surface area contributed by atoms with E-state index in [-0.39, 0.29) is 5.39 Å². The Morgan fingerprint density at radius 3 is 2.25 bits per heavy atom. The minimum absolute atomic E-state index is 0.157. The van der Waals surface area contributed by atoms with E-state index >= 15 is 0 Å². The molecular formula is C11H6F6N4O3. The van der Waals surface area contributed by atoms with Crippen LogP contribution in [0.5, 0.6) is 0 Å². The van der Waals surface area contributed by atoms with Crippen molar-refractivity contribution in [3.8, 4) is 0 Å². The van der Waals surface area contributed by atoms with Crippen LogP contribution < -0.4 is 16.6 Å². The number of aromatic nitrogens is 1. The molecule has 130 valence electrons. The van der Waals surface area contributed by atoms with Crippen LogP contribution in [0, 0.1) is 0 Å². The minimum atomic E-state index is -5.25. The van der Waals surface area contributed by atoms with Crippen LogP contribution in [0.1, 0.15) is 16.2 Å². The van der Waals surface area contributed by atoms with Gasteiger partial charge in [-0.1, -0.05) is 0 Å². The van der Waals surface area contributed by atoms with Gasteiger partial charge >= 0.3 is 24.2 Å². The van der Waals surface area contributed by atoms with Gasteiger partial charge < -0.3 is 10.2 Å². The summed E-state index contributed by atoms with van der Waals surface area (Å²) in [6, 6.07) is 1.47. The highest BCUT2D eigenvalue weighted by Gasteiger charge is 2.39. The molecule has 2 rings (SSSR count). The maximum Gasteiger partial charge on any atom is 0.472 e. The zero-order valence-corrected chi connectivity index (χ0v) is 11.2. The van der Waals surface area contributed by atoms with E-state index in [9.17, 15) is 35.9 Å². The maximum absolute atomic E-state index is 12.5. The molecule has 0 bridgehead atoms. The van der Waals surface area contributed by atoms with Gasteiger partial charge in [-0.05, 0) is 12.1 Å². The Labute approximate surface area is 127 Å². The average Bonchev–Trinajstić information content (AvgIpc) is 2.79. The molecule has 0 unspecified atom stereocenters. The van der Waals surface area contributed by atoms with E-state index in [1.807, 2.05) is 0 Å². The molecule has 2 heterocycles. The van der Waals surface area contributed by atoms with E-state index in [0.717, 1.165) is 11.5 Å². The quantitative estimate of drug-likeness (QED) is 0.533. The summed E-state index contributed by atoms with van der Waals surface area (Å²) in [5, 5.41) is -0.157. The molecule has 4 N–H and O–H groups in total. The van der Waals surface area contributed by atoms with Crippen molar-refractivity contribution >= 4 is 28.6 Å². The molecule has 0 fully saturated rings. The van der Waals surface area contributed by atoms with Crippen molar-refractivity contribution in [1.29, 1.82) is 0 Å². The number of alkyl halides is 6. The lowest BCUT2D eigenvalue weighted by molar-refractivity contribution is -0.174. The number of carbonyl (C=O) groups is 2. The highest BCUT2D eigenvalue weighted by molar-refractivity contribution is 6.05. The number of carbonyl (C=O) groups excluding carboxylic acids is 2. The Morgan fingerprint density at radius 1 is 1.08 bits per heavy atom. The van der Waals surface area contributed by atoms with Crippen molar-refractivity contribution in [3.63, 3.8) is 0 Å². The molecule has 24 heavy (non-hydrogen) atoms. The fraction of sp³-hybridized carbons (Fsp3) is 0.182. The number of nitrogens with zero attached hydrogens (tertiary/aromatic N) is 1. The van der Waals surface area contributed by atoms with Crippen LogP contribution in [0.15, 0.2) is 16.5 Å². The molecule has 7 nitrogen and oxygen atoms in total. The van der Waals surface area contributed by atoms with Crippen molar-refractivity contribution in [2.24, 2.45) is 0 Å². The van der Waals surface area contributed by atoms with Crippen molar-refractivity contribution in [2.45, 2.75) is 12.4 Å². The monoisotopic (exact) mass is 356 g/mol. The van der Waals surface area contributed by atoms with Gasteiger partial charge in [-0.2, -0.15) is 26.3 Å². The standard InChI is InChI=1S/C11H6F6N4O3/c12-10(13,14)4-2-1-3-5(18)6(24-8(3)19-4)7(22)20-21-9(23)11(15,16)17/h1-2H,18H2,(H,20,22)(H,21,23). The number of rotatable bonds is 1. The summed E-state index contributed by atoms with van der Waals surface area (Å²) in [4.78, 5) is 25.3. The molecule has 0 atom stereocenters. The van der Waals surface area contributed by atoms with Crippen LogP contribution in [0.25, 0.3) is 11.1 Å². The van der Waals surface area contributed by atoms with Crippen molar-refractivity contribution < 1.29 is 40.3 Å². The second kappa shape index (κ2) is 5.58. The third-order valence-electron chi connectivity index (χ3n) is 2.64. The Kier molecular flexibility index (Phi) is 4.03. The average molecular weight is 356 g/mol. The first kappa shape index (κ1) is 17.4. The van der Waals surface area contributed by atoms with Gasteiger partial charge in [0.2, 0.25) is 11.5 Å². The molecule has 2 amide bonds. The number of furan rings is 1. The predicted octanol–water partition coefficient (Wildman–Crippen LogP) is 1.75. The SMILES string of the molecule is Nc1c(C(=O)NNC(=O)C(F)(F)F)oc2nc(C(F)(F)F)ccc12. The molecule has 2 aromatic rings. The summed E-state index contributed by atoms with van der Waals surface area (Å²) < 4.78 is 78.3. The Bertz CT molecular complexity index is 810. The molecule has 0 aliphatic carbocycles. The summed E-state index contributed by atoms with van der Waals surface area (Å²) in [5.74, 6) is -4.68. The van der Waals surface area contributed by atoms with Crippen LogP contribution in [0.2, 0.25) is 0 Å². The van der Waals surface area contributed by atoms with E-state index < -0.39 is 47.0 Å². The molecule has 0 aliphatic heterocycles. The molecule has 0 spiro atoms. The van der Waals surface area contributed by atoms with Gasteiger partial charge in [-0.15, -0.1) is 0 Å². The molecule has 0 radical (unpaired) electrons. The zero-order chi connectivity index (χ0) is 18.3. The number of fused-ring (bicyclic) bond motifs is 1. The molecule has 13 heteroatoms. The summed E-state index contributed by atoms with van der Waals surface area (Å²) in [7, 11) is 0. The maximum atomic E-state index is 12.5. The first-order chi connectivity index (χ1) is 10.9. The number of amides is 2. The van der Waals surface area contributed by atoms with Gasteiger partial charge in [-0.25, -0.2) is 4.98 Å². The number of nitrogens with one attached hydrogen (secondary N) is 2. The predicted molar refractivity (Wildman–Crippen MR) is 65.1 cm³/mol. The number of nitrogens with two attached hydrogens (primary N) is 1. The van der Waals surface area contributed by atoms with Gasteiger partial charge in [0.15, 0.2) is 0 Å². The summed E-state index contributed by atoms with van der Waals surface area (Å²) in [5.41, 5.74) is 5.48. The fourth-order valence-electron chi connectivity index (χ4n) is 1.56. The van der Waals surface area contributed by atoms with Crippen LogP contribution in [0.3, 0.4) is 0 Å². The number of nitrogen functional groups attached to an aromatic ring is 1. The summed E-state index contributed by atoms with van der Waals surface area (Å²) >= 11 is 0. The largest absolute Gasteiger partial charge is 0.472 e. The van der Waals surface area contributed by atoms with Gasteiger partial charge in [0.25, 0.3) is 0 Å². The molecule has 0 aliphatic rings. The Morgan fingerprint density at radius 2 is 1.71 bits per heavy atom.